The Morgan fingerprint density at radius 2 is 2.22 bits per heavy atom. The van der Waals surface area contributed by atoms with Crippen molar-refractivity contribution in [2.45, 2.75) is 38.3 Å². The second-order valence-corrected chi connectivity index (χ2v) is 6.04. The van der Waals surface area contributed by atoms with Gasteiger partial charge in [-0.1, -0.05) is 19.0 Å². The Kier molecular flexibility index (Phi) is 4.29. The van der Waals surface area contributed by atoms with Gasteiger partial charge < -0.3 is 10.3 Å². The zero-order valence-electron chi connectivity index (χ0n) is 11.3. The predicted molar refractivity (Wildman–Crippen MR) is 73.4 cm³/mol. The number of rotatable bonds is 4. The van der Waals surface area contributed by atoms with Crippen LogP contribution < -0.4 is 5.73 Å². The first kappa shape index (κ1) is 13.8. The average Bonchev–Trinajstić information content (AvgIpc) is 2.88. The summed E-state index contributed by atoms with van der Waals surface area (Å²) >= 11 is 1.94. The molecule has 0 spiro atoms. The lowest BCUT2D eigenvalue weighted by molar-refractivity contribution is 0.247. The maximum atomic E-state index is 6.28. The van der Waals surface area contributed by atoms with Crippen LogP contribution in [0.4, 0.5) is 0 Å². The summed E-state index contributed by atoms with van der Waals surface area (Å²) in [5.41, 5.74) is 5.80. The van der Waals surface area contributed by atoms with E-state index in [0.717, 1.165) is 31.0 Å². The molecule has 1 fully saturated rings. The average molecular weight is 270 g/mol. The quantitative estimate of drug-likeness (QED) is 0.899. The molecule has 1 aliphatic heterocycles. The Morgan fingerprint density at radius 3 is 2.83 bits per heavy atom. The smallest absolute Gasteiger partial charge is 0.246 e. The molecule has 1 aliphatic rings. The van der Waals surface area contributed by atoms with E-state index in [0.29, 0.717) is 5.89 Å². The van der Waals surface area contributed by atoms with Crippen molar-refractivity contribution in [3.8, 4) is 0 Å². The Hall–Kier alpha value is -0.590. The minimum Gasteiger partial charge on any atom is -0.337 e. The molecule has 0 aliphatic carbocycles. The molecule has 18 heavy (non-hydrogen) atoms. The number of hydrogen-bond donors (Lipinski definition) is 1. The molecule has 2 rings (SSSR count). The lowest BCUT2D eigenvalue weighted by atomic mass is 9.94. The first-order valence-corrected chi connectivity index (χ1v) is 7.67. The Bertz CT molecular complexity index is 391. The third kappa shape index (κ3) is 2.55. The molecule has 5 nitrogen and oxygen atoms in total. The van der Waals surface area contributed by atoms with Gasteiger partial charge in [0.25, 0.3) is 0 Å². The maximum Gasteiger partial charge on any atom is 0.246 e. The second kappa shape index (κ2) is 5.59. The monoisotopic (exact) mass is 270 g/mol. The molecule has 1 aromatic heterocycles. The van der Waals surface area contributed by atoms with Crippen LogP contribution in [0.2, 0.25) is 0 Å². The normalized spacial score (nSPS) is 22.3. The summed E-state index contributed by atoms with van der Waals surface area (Å²) in [4.78, 5) is 6.82. The van der Waals surface area contributed by atoms with E-state index in [1.165, 1.54) is 5.75 Å². The van der Waals surface area contributed by atoms with Crippen LogP contribution in [0.1, 0.15) is 44.4 Å². The molecule has 102 valence electrons. The van der Waals surface area contributed by atoms with E-state index in [9.17, 15) is 0 Å². The minimum atomic E-state index is -0.481. The zero-order valence-corrected chi connectivity index (χ0v) is 12.2. The third-order valence-electron chi connectivity index (χ3n) is 3.82. The first-order chi connectivity index (χ1) is 8.60. The van der Waals surface area contributed by atoms with Crippen LogP contribution in [0.15, 0.2) is 4.52 Å². The van der Waals surface area contributed by atoms with Crippen LogP contribution in [0, 0.1) is 0 Å². The summed E-state index contributed by atoms with van der Waals surface area (Å²) in [7, 11) is 2.11. The van der Waals surface area contributed by atoms with E-state index < -0.39 is 5.54 Å². The largest absolute Gasteiger partial charge is 0.337 e. The number of thioether (sulfide) groups is 1. The van der Waals surface area contributed by atoms with Crippen LogP contribution in [0.3, 0.4) is 0 Å². The summed E-state index contributed by atoms with van der Waals surface area (Å²) in [6.45, 7) is 5.17. The summed E-state index contributed by atoms with van der Waals surface area (Å²) in [6, 6.07) is 0.249. The molecule has 0 amide bonds. The highest BCUT2D eigenvalue weighted by molar-refractivity contribution is 7.99. The number of hydrogen-bond acceptors (Lipinski definition) is 6. The summed E-state index contributed by atoms with van der Waals surface area (Å²) < 4.78 is 5.39. The second-order valence-electron chi connectivity index (χ2n) is 4.89. The molecule has 1 unspecified atom stereocenters. The van der Waals surface area contributed by atoms with Gasteiger partial charge in [-0.3, -0.25) is 4.90 Å². The lowest BCUT2D eigenvalue weighted by Gasteiger charge is -2.29. The van der Waals surface area contributed by atoms with Gasteiger partial charge in [-0.2, -0.15) is 16.7 Å². The van der Waals surface area contributed by atoms with Gasteiger partial charge >= 0.3 is 0 Å². The molecule has 1 atom stereocenters. The number of aromatic nitrogens is 2. The Balaban J connectivity index is 2.19. The molecule has 1 aromatic rings. The number of nitrogens with zero attached hydrogens (tertiary/aromatic N) is 3. The van der Waals surface area contributed by atoms with E-state index in [1.54, 1.807) is 0 Å². The van der Waals surface area contributed by atoms with Crippen molar-refractivity contribution >= 4 is 11.8 Å². The van der Waals surface area contributed by atoms with Crippen LogP contribution >= 0.6 is 11.8 Å². The van der Waals surface area contributed by atoms with Crippen molar-refractivity contribution in [3.05, 3.63) is 11.7 Å². The Labute approximate surface area is 112 Å². The van der Waals surface area contributed by atoms with Crippen LogP contribution in [-0.4, -0.2) is 40.1 Å². The first-order valence-electron chi connectivity index (χ1n) is 6.51. The topological polar surface area (TPSA) is 68.2 Å². The van der Waals surface area contributed by atoms with Crippen LogP contribution in [-0.2, 0) is 5.54 Å². The van der Waals surface area contributed by atoms with Gasteiger partial charge in [-0.15, -0.1) is 0 Å². The minimum absolute atomic E-state index is 0.249. The highest BCUT2D eigenvalue weighted by Crippen LogP contribution is 2.29. The Morgan fingerprint density at radius 1 is 1.50 bits per heavy atom. The van der Waals surface area contributed by atoms with Crippen LogP contribution in [0.25, 0.3) is 0 Å². The van der Waals surface area contributed by atoms with Crippen LogP contribution in [0.5, 0.6) is 0 Å². The van der Waals surface area contributed by atoms with E-state index in [2.05, 4.69) is 35.9 Å². The molecule has 0 aromatic carbocycles. The van der Waals surface area contributed by atoms with Crippen molar-refractivity contribution in [3.63, 3.8) is 0 Å². The van der Waals surface area contributed by atoms with Gasteiger partial charge in [0.1, 0.15) is 0 Å². The molecule has 2 heterocycles. The van der Waals surface area contributed by atoms with Gasteiger partial charge in [0.15, 0.2) is 5.82 Å². The molecular weight excluding hydrogens is 248 g/mol. The fraction of sp³-hybridized carbons (Fsp3) is 0.833. The highest BCUT2D eigenvalue weighted by Gasteiger charge is 2.32. The molecule has 0 saturated carbocycles. The van der Waals surface area contributed by atoms with Gasteiger partial charge in [0.2, 0.25) is 5.89 Å². The van der Waals surface area contributed by atoms with E-state index in [-0.39, 0.29) is 6.04 Å². The SMILES string of the molecule is CCC(N)(CC)c1nc(C2CSCCN2C)no1. The molecular formula is C12H22N4OS. The molecule has 6 heteroatoms. The van der Waals surface area contributed by atoms with Gasteiger partial charge in [-0.05, 0) is 19.9 Å². The van der Waals surface area contributed by atoms with Gasteiger partial charge in [0, 0.05) is 18.1 Å². The summed E-state index contributed by atoms with van der Waals surface area (Å²) in [5.74, 6) is 3.54. The third-order valence-corrected chi connectivity index (χ3v) is 4.85. The highest BCUT2D eigenvalue weighted by atomic mass is 32.2. The van der Waals surface area contributed by atoms with Crippen molar-refractivity contribution in [1.29, 1.82) is 0 Å². The zero-order chi connectivity index (χ0) is 13.2. The summed E-state index contributed by atoms with van der Waals surface area (Å²) in [6.07, 6.45) is 1.61. The van der Waals surface area contributed by atoms with E-state index in [1.807, 2.05) is 11.8 Å². The van der Waals surface area contributed by atoms with Crippen molar-refractivity contribution in [1.82, 2.24) is 15.0 Å². The molecule has 0 radical (unpaired) electrons. The standard InChI is InChI=1S/C12H22N4OS/c1-4-12(13,5-2)11-14-10(15-17-11)9-8-18-7-6-16(9)3/h9H,4-8,13H2,1-3H3. The van der Waals surface area contributed by atoms with Crippen molar-refractivity contribution in [2.24, 2.45) is 5.73 Å². The maximum absolute atomic E-state index is 6.28. The van der Waals surface area contributed by atoms with Gasteiger partial charge in [-0.25, -0.2) is 0 Å². The molecule has 2 N–H and O–H groups in total. The predicted octanol–water partition coefficient (Wildman–Crippen LogP) is 1.76. The molecule has 1 saturated heterocycles. The van der Waals surface area contributed by atoms with Crippen molar-refractivity contribution < 1.29 is 4.52 Å². The van der Waals surface area contributed by atoms with Crippen molar-refractivity contribution in [2.75, 3.05) is 25.1 Å². The molecule has 0 bridgehead atoms. The summed E-state index contributed by atoms with van der Waals surface area (Å²) in [5, 5.41) is 4.13. The number of nitrogens with two attached hydrogens (primary N) is 1. The fourth-order valence-corrected chi connectivity index (χ4v) is 3.29. The van der Waals surface area contributed by atoms with Gasteiger partial charge in [0.05, 0.1) is 11.6 Å². The fourth-order valence-electron chi connectivity index (χ4n) is 2.08. The lowest BCUT2D eigenvalue weighted by Crippen LogP contribution is -2.36. The van der Waals surface area contributed by atoms with E-state index in [4.69, 9.17) is 10.3 Å². The van der Waals surface area contributed by atoms with E-state index >= 15 is 0 Å².